The van der Waals surface area contributed by atoms with Crippen LogP contribution in [-0.2, 0) is 0 Å². The highest BCUT2D eigenvalue weighted by Crippen LogP contribution is 2.21. The highest BCUT2D eigenvalue weighted by atomic mass is 16.3. The molecule has 0 aliphatic carbocycles. The van der Waals surface area contributed by atoms with Crippen LogP contribution in [0.15, 0.2) is 24.3 Å². The minimum absolute atomic E-state index is 0.109. The van der Waals surface area contributed by atoms with Gasteiger partial charge in [-0.1, -0.05) is 0 Å². The molecular weight excluding hydrogens is 314 g/mol. The Morgan fingerprint density at radius 1 is 1.08 bits per heavy atom. The number of hydrogen-bond donors (Lipinski definition) is 1. The van der Waals surface area contributed by atoms with E-state index in [1.165, 1.54) is 0 Å². The van der Waals surface area contributed by atoms with Crippen molar-refractivity contribution in [2.45, 2.75) is 25.4 Å². The minimum atomic E-state index is -0.170. The van der Waals surface area contributed by atoms with E-state index in [-0.39, 0.29) is 12.0 Å². The fraction of sp³-hybridized carbons (Fsp3) is 0.550. The van der Waals surface area contributed by atoms with Crippen molar-refractivity contribution in [3.05, 3.63) is 29.8 Å². The predicted molar refractivity (Wildman–Crippen MR) is 99.7 cm³/mol. The number of carbonyl (C=O) groups is 1. The largest absolute Gasteiger partial charge is 0.393 e. The third-order valence-electron chi connectivity index (χ3n) is 5.18. The maximum Gasteiger partial charge on any atom is 0.253 e. The minimum Gasteiger partial charge on any atom is -0.393 e. The summed E-state index contributed by atoms with van der Waals surface area (Å²) in [6.45, 7) is 5.95. The smallest absolute Gasteiger partial charge is 0.253 e. The summed E-state index contributed by atoms with van der Waals surface area (Å²) in [6.07, 6.45) is 7.53. The molecule has 2 aliphatic heterocycles. The molecule has 2 aliphatic rings. The van der Waals surface area contributed by atoms with Gasteiger partial charge in [-0.15, -0.1) is 12.3 Å². The van der Waals surface area contributed by atoms with Crippen LogP contribution >= 0.6 is 0 Å². The Bertz CT molecular complexity index is 607. The van der Waals surface area contributed by atoms with E-state index in [0.29, 0.717) is 0 Å². The van der Waals surface area contributed by atoms with Gasteiger partial charge in [-0.3, -0.25) is 9.69 Å². The summed E-state index contributed by atoms with van der Waals surface area (Å²) in [5.74, 6) is 2.78. The van der Waals surface area contributed by atoms with Crippen LogP contribution < -0.4 is 4.90 Å². The summed E-state index contributed by atoms with van der Waals surface area (Å²) in [5, 5.41) is 9.61. The normalized spacial score (nSPS) is 19.7. The first-order valence-corrected chi connectivity index (χ1v) is 9.15. The molecule has 5 heteroatoms. The van der Waals surface area contributed by atoms with Gasteiger partial charge in [0.2, 0.25) is 0 Å². The molecule has 0 radical (unpaired) electrons. The number of piperazine rings is 1. The molecule has 5 nitrogen and oxygen atoms in total. The van der Waals surface area contributed by atoms with Crippen molar-refractivity contribution in [2.24, 2.45) is 0 Å². The van der Waals surface area contributed by atoms with Gasteiger partial charge in [0.05, 0.1) is 6.10 Å². The Hall–Kier alpha value is -2.03. The van der Waals surface area contributed by atoms with E-state index in [0.717, 1.165) is 76.3 Å². The average Bonchev–Trinajstić information content (AvgIpc) is 2.67. The number of carbonyl (C=O) groups excluding carboxylic acids is 1. The summed E-state index contributed by atoms with van der Waals surface area (Å²) < 4.78 is 0. The molecule has 3 rings (SSSR count). The lowest BCUT2D eigenvalue weighted by molar-refractivity contribution is 0.0640. The Balaban J connectivity index is 1.54. The third kappa shape index (κ3) is 4.53. The molecule has 25 heavy (non-hydrogen) atoms. The van der Waals surface area contributed by atoms with Gasteiger partial charge in [0, 0.05) is 63.5 Å². The van der Waals surface area contributed by atoms with Gasteiger partial charge in [-0.2, -0.15) is 0 Å². The van der Waals surface area contributed by atoms with E-state index in [1.54, 1.807) is 0 Å². The average molecular weight is 341 g/mol. The molecule has 0 spiro atoms. The van der Waals surface area contributed by atoms with Crippen molar-refractivity contribution < 1.29 is 9.90 Å². The molecule has 0 saturated carbocycles. The number of piperidine rings is 1. The Kier molecular flexibility index (Phi) is 5.95. The van der Waals surface area contributed by atoms with Gasteiger partial charge in [-0.25, -0.2) is 0 Å². The highest BCUT2D eigenvalue weighted by molar-refractivity contribution is 5.94. The number of hydrogen-bond acceptors (Lipinski definition) is 4. The van der Waals surface area contributed by atoms with Crippen LogP contribution in [0.5, 0.6) is 0 Å². The van der Waals surface area contributed by atoms with Crippen molar-refractivity contribution in [1.29, 1.82) is 0 Å². The number of benzene rings is 1. The maximum atomic E-state index is 12.7. The van der Waals surface area contributed by atoms with Gasteiger partial charge in [0.25, 0.3) is 5.91 Å². The van der Waals surface area contributed by atoms with E-state index < -0.39 is 0 Å². The lowest BCUT2D eigenvalue weighted by Gasteiger charge is -2.34. The number of aliphatic hydroxyl groups is 1. The maximum absolute atomic E-state index is 12.7. The summed E-state index contributed by atoms with van der Waals surface area (Å²) in [5.41, 5.74) is 1.88. The van der Waals surface area contributed by atoms with Crippen molar-refractivity contribution in [1.82, 2.24) is 9.80 Å². The van der Waals surface area contributed by atoms with E-state index in [2.05, 4.69) is 15.7 Å². The monoisotopic (exact) mass is 341 g/mol. The number of rotatable bonds is 4. The van der Waals surface area contributed by atoms with E-state index in [1.807, 2.05) is 29.2 Å². The van der Waals surface area contributed by atoms with Crippen LogP contribution in [0.25, 0.3) is 0 Å². The lowest BCUT2D eigenvalue weighted by atomic mass is 10.1. The first kappa shape index (κ1) is 17.8. The molecule has 2 fully saturated rings. The third-order valence-corrected chi connectivity index (χ3v) is 5.18. The first-order chi connectivity index (χ1) is 12.2. The van der Waals surface area contributed by atoms with Crippen LogP contribution in [0, 0.1) is 12.3 Å². The van der Waals surface area contributed by atoms with Crippen LogP contribution in [0.4, 0.5) is 5.69 Å². The Morgan fingerprint density at radius 3 is 2.32 bits per heavy atom. The van der Waals surface area contributed by atoms with Crippen LogP contribution in [0.3, 0.4) is 0 Å². The number of terminal acetylenes is 1. The van der Waals surface area contributed by atoms with Crippen LogP contribution in [0.1, 0.15) is 29.6 Å². The van der Waals surface area contributed by atoms with E-state index in [9.17, 15) is 9.90 Å². The van der Waals surface area contributed by atoms with Crippen LogP contribution in [0.2, 0.25) is 0 Å². The molecule has 1 amide bonds. The number of anilines is 1. The fourth-order valence-corrected chi connectivity index (χ4v) is 3.52. The zero-order chi connectivity index (χ0) is 17.6. The second-order valence-corrected chi connectivity index (χ2v) is 6.85. The van der Waals surface area contributed by atoms with Crippen LogP contribution in [-0.4, -0.2) is 72.7 Å². The Labute approximate surface area is 150 Å². The van der Waals surface area contributed by atoms with Gasteiger partial charge >= 0.3 is 0 Å². The summed E-state index contributed by atoms with van der Waals surface area (Å²) in [6, 6.07) is 7.89. The predicted octanol–water partition coefficient (Wildman–Crippen LogP) is 1.43. The molecule has 0 aromatic heterocycles. The Morgan fingerprint density at radius 2 is 1.72 bits per heavy atom. The van der Waals surface area contributed by atoms with Crippen molar-refractivity contribution >= 4 is 11.6 Å². The van der Waals surface area contributed by atoms with E-state index in [4.69, 9.17) is 6.42 Å². The highest BCUT2D eigenvalue weighted by Gasteiger charge is 2.22. The number of aliphatic hydroxyl groups excluding tert-OH is 1. The van der Waals surface area contributed by atoms with Gasteiger partial charge < -0.3 is 14.9 Å². The standard InChI is InChI=1S/C20H27N3O2/c1-2-3-10-21-13-15-23(16-14-21)20(25)17-4-6-18(7-5-17)22-11-8-19(24)9-12-22/h1,4-7,19,24H,3,8-16H2. The molecule has 1 aromatic carbocycles. The topological polar surface area (TPSA) is 47.0 Å². The molecule has 2 heterocycles. The molecule has 0 atom stereocenters. The molecular formula is C20H27N3O2. The second-order valence-electron chi connectivity index (χ2n) is 6.85. The summed E-state index contributed by atoms with van der Waals surface area (Å²) in [4.78, 5) is 19.2. The number of nitrogens with zero attached hydrogens (tertiary/aromatic N) is 3. The SMILES string of the molecule is C#CCCN1CCN(C(=O)c2ccc(N3CCC(O)CC3)cc2)CC1. The molecule has 0 bridgehead atoms. The lowest BCUT2D eigenvalue weighted by Crippen LogP contribution is -2.48. The summed E-state index contributed by atoms with van der Waals surface area (Å²) in [7, 11) is 0. The molecule has 1 aromatic rings. The van der Waals surface area contributed by atoms with Crippen molar-refractivity contribution in [2.75, 3.05) is 50.7 Å². The quantitative estimate of drug-likeness (QED) is 0.842. The first-order valence-electron chi connectivity index (χ1n) is 9.15. The number of amides is 1. The summed E-state index contributed by atoms with van der Waals surface area (Å²) >= 11 is 0. The molecule has 134 valence electrons. The second kappa shape index (κ2) is 8.37. The van der Waals surface area contributed by atoms with Crippen molar-refractivity contribution in [3.63, 3.8) is 0 Å². The van der Waals surface area contributed by atoms with Crippen molar-refractivity contribution in [3.8, 4) is 12.3 Å². The molecule has 1 N–H and O–H groups in total. The van der Waals surface area contributed by atoms with E-state index >= 15 is 0 Å². The molecule has 2 saturated heterocycles. The van der Waals surface area contributed by atoms with Gasteiger partial charge in [-0.05, 0) is 37.1 Å². The zero-order valence-corrected chi connectivity index (χ0v) is 14.7. The zero-order valence-electron chi connectivity index (χ0n) is 14.7. The molecule has 0 unspecified atom stereocenters. The van der Waals surface area contributed by atoms with Gasteiger partial charge in [0.1, 0.15) is 0 Å². The fourth-order valence-electron chi connectivity index (χ4n) is 3.52. The van der Waals surface area contributed by atoms with Gasteiger partial charge in [0.15, 0.2) is 0 Å².